The third-order valence-electron chi connectivity index (χ3n) is 7.37. The van der Waals surface area contributed by atoms with E-state index in [-0.39, 0.29) is 36.7 Å². The minimum atomic E-state index is -1.70. The monoisotopic (exact) mass is 538 g/mol. The van der Waals surface area contributed by atoms with Crippen molar-refractivity contribution in [3.05, 3.63) is 117 Å². The molecule has 0 saturated heterocycles. The molecule has 1 aromatic heterocycles. The van der Waals surface area contributed by atoms with Gasteiger partial charge in [0.25, 0.3) is 5.91 Å². The van der Waals surface area contributed by atoms with E-state index in [2.05, 4.69) is 0 Å². The second-order valence-corrected chi connectivity index (χ2v) is 9.64. The number of amides is 1. The molecule has 2 N–H and O–H groups in total. The highest BCUT2D eigenvalue weighted by atomic mass is 16.7. The lowest BCUT2D eigenvalue weighted by Crippen LogP contribution is -2.50. The van der Waals surface area contributed by atoms with Crippen molar-refractivity contribution in [3.63, 3.8) is 0 Å². The minimum absolute atomic E-state index is 0.0253. The molecule has 1 amide bonds. The highest BCUT2D eigenvalue weighted by Gasteiger charge is 2.47. The van der Waals surface area contributed by atoms with E-state index < -0.39 is 22.7 Å². The number of benzene rings is 3. The predicted octanol–water partition coefficient (Wildman–Crippen LogP) is 3.79. The molecule has 0 fully saturated rings. The summed E-state index contributed by atoms with van der Waals surface area (Å²) < 4.78 is 23.8. The van der Waals surface area contributed by atoms with Crippen LogP contribution in [0.15, 0.2) is 89.7 Å². The number of aromatic nitrogens is 1. The van der Waals surface area contributed by atoms with Crippen molar-refractivity contribution >= 4 is 22.6 Å². The molecule has 2 aliphatic rings. The number of ether oxygens (including phenoxy) is 4. The molecular formula is C31H26N2O7. The molecule has 1 atom stereocenters. The number of carbonyl (C=O) groups excluding carboxylic acids is 2. The number of nitrogens with two attached hydrogens (primary N) is 1. The first-order valence-electron chi connectivity index (χ1n) is 12.8. The van der Waals surface area contributed by atoms with Crippen LogP contribution in [-0.2, 0) is 32.6 Å². The normalized spacial score (nSPS) is 15.2. The average molecular weight is 539 g/mol. The lowest BCUT2D eigenvalue weighted by atomic mass is 9.86. The Morgan fingerprint density at radius 2 is 1.65 bits per heavy atom. The fourth-order valence-electron chi connectivity index (χ4n) is 5.21. The van der Waals surface area contributed by atoms with Gasteiger partial charge in [0.15, 0.2) is 28.6 Å². The van der Waals surface area contributed by atoms with Gasteiger partial charge >= 0.3 is 0 Å². The third kappa shape index (κ3) is 4.07. The van der Waals surface area contributed by atoms with Gasteiger partial charge in [-0.1, -0.05) is 61.5 Å². The van der Waals surface area contributed by atoms with Gasteiger partial charge in [0.1, 0.15) is 6.26 Å². The zero-order chi connectivity index (χ0) is 27.9. The zero-order valence-corrected chi connectivity index (χ0v) is 21.7. The Balaban J connectivity index is 1.67. The number of hydrogen-bond acceptors (Lipinski definition) is 7. The topological polar surface area (TPSA) is 119 Å². The number of primary amides is 1. The summed E-state index contributed by atoms with van der Waals surface area (Å²) in [6.45, 7) is 1.88. The second kappa shape index (κ2) is 9.92. The lowest BCUT2D eigenvalue weighted by molar-refractivity contribution is -0.126. The summed E-state index contributed by atoms with van der Waals surface area (Å²) in [5.74, 6) is -0.346. The van der Waals surface area contributed by atoms with Crippen molar-refractivity contribution in [1.29, 1.82) is 0 Å². The Hall–Kier alpha value is -5.05. The minimum Gasteiger partial charge on any atom is -0.461 e. The fraction of sp³-hybridized carbons (Fsp3) is 0.194. The predicted molar refractivity (Wildman–Crippen MR) is 146 cm³/mol. The molecule has 3 aromatic carbocycles. The maximum atomic E-state index is 13.9. The Labute approximate surface area is 229 Å². The quantitative estimate of drug-likeness (QED) is 0.339. The van der Waals surface area contributed by atoms with Gasteiger partial charge in [-0.15, -0.1) is 0 Å². The van der Waals surface area contributed by atoms with Crippen LogP contribution in [0.2, 0.25) is 0 Å². The van der Waals surface area contributed by atoms with Crippen LogP contribution in [0.3, 0.4) is 0 Å². The van der Waals surface area contributed by atoms with Crippen molar-refractivity contribution in [1.82, 2.24) is 4.57 Å². The Morgan fingerprint density at radius 1 is 0.925 bits per heavy atom. The van der Waals surface area contributed by atoms with E-state index in [1.54, 1.807) is 18.2 Å². The van der Waals surface area contributed by atoms with E-state index in [1.165, 1.54) is 23.1 Å². The molecule has 40 heavy (non-hydrogen) atoms. The SMILES string of the molecule is CCc1ccc(C(=O)c2cn(C(Cc3ccccc3)(C(N)=O)C3=COCO3)c3cc4c(cc3c2=O)OCO4)cc1. The maximum absolute atomic E-state index is 13.9. The van der Waals surface area contributed by atoms with Crippen LogP contribution in [-0.4, -0.2) is 29.8 Å². The molecule has 6 rings (SSSR count). The summed E-state index contributed by atoms with van der Waals surface area (Å²) in [5, 5.41) is 0.165. The highest BCUT2D eigenvalue weighted by molar-refractivity contribution is 6.10. The molecule has 9 nitrogen and oxygen atoms in total. The van der Waals surface area contributed by atoms with Crippen LogP contribution in [0.25, 0.3) is 10.9 Å². The van der Waals surface area contributed by atoms with Gasteiger partial charge in [-0.3, -0.25) is 14.4 Å². The number of fused-ring (bicyclic) bond motifs is 2. The number of nitrogens with zero attached hydrogens (tertiary/aromatic N) is 1. The largest absolute Gasteiger partial charge is 0.461 e. The average Bonchev–Trinajstić information content (AvgIpc) is 3.68. The third-order valence-corrected chi connectivity index (χ3v) is 7.37. The van der Waals surface area contributed by atoms with Gasteiger partial charge in [-0.25, -0.2) is 0 Å². The summed E-state index contributed by atoms with van der Waals surface area (Å²) in [6, 6.07) is 19.5. The molecule has 0 spiro atoms. The molecule has 2 aliphatic heterocycles. The number of pyridine rings is 1. The van der Waals surface area contributed by atoms with Gasteiger partial charge < -0.3 is 29.2 Å². The van der Waals surface area contributed by atoms with Crippen LogP contribution >= 0.6 is 0 Å². The lowest BCUT2D eigenvalue weighted by Gasteiger charge is -2.34. The summed E-state index contributed by atoms with van der Waals surface area (Å²) in [5.41, 5.74) is 6.34. The van der Waals surface area contributed by atoms with E-state index in [0.29, 0.717) is 22.6 Å². The number of ketones is 1. The number of carbonyl (C=O) groups is 2. The van der Waals surface area contributed by atoms with E-state index >= 15 is 0 Å². The van der Waals surface area contributed by atoms with Gasteiger partial charge in [0, 0.05) is 24.2 Å². The molecule has 0 radical (unpaired) electrons. The van der Waals surface area contributed by atoms with Crippen molar-refractivity contribution in [2.24, 2.45) is 5.73 Å². The van der Waals surface area contributed by atoms with Gasteiger partial charge in [0.2, 0.25) is 19.0 Å². The smallest absolute Gasteiger partial charge is 0.252 e. The van der Waals surface area contributed by atoms with E-state index in [9.17, 15) is 14.4 Å². The van der Waals surface area contributed by atoms with Crippen LogP contribution in [0.5, 0.6) is 11.5 Å². The Morgan fingerprint density at radius 3 is 2.30 bits per heavy atom. The van der Waals surface area contributed by atoms with Crippen molar-refractivity contribution in [3.8, 4) is 11.5 Å². The van der Waals surface area contributed by atoms with Crippen LogP contribution < -0.4 is 20.6 Å². The molecule has 0 saturated carbocycles. The number of rotatable bonds is 8. The molecule has 0 aliphatic carbocycles. The highest BCUT2D eigenvalue weighted by Crippen LogP contribution is 2.40. The molecule has 4 aromatic rings. The molecule has 202 valence electrons. The summed E-state index contributed by atoms with van der Waals surface area (Å²) in [6.07, 6.45) is 3.60. The maximum Gasteiger partial charge on any atom is 0.252 e. The summed E-state index contributed by atoms with van der Waals surface area (Å²) >= 11 is 0. The summed E-state index contributed by atoms with van der Waals surface area (Å²) in [7, 11) is 0. The standard InChI is InChI=1S/C31H26N2O7/c1-2-19-8-10-21(11-9-19)28(34)23-15-33(24-13-26-25(38-18-39-26)12-22(24)29(23)35)31(30(32)36,27-16-37-17-40-27)14-20-6-4-3-5-7-20/h3-13,15-16H,2,14,17-18H2,1H3,(H2,32,36). The second-order valence-electron chi connectivity index (χ2n) is 9.64. The zero-order valence-electron chi connectivity index (χ0n) is 21.7. The first-order chi connectivity index (χ1) is 19.4. The Bertz CT molecular complexity index is 1730. The summed E-state index contributed by atoms with van der Waals surface area (Å²) in [4.78, 5) is 41.3. The van der Waals surface area contributed by atoms with Crippen molar-refractivity contribution in [2.45, 2.75) is 25.3 Å². The Kier molecular flexibility index (Phi) is 6.26. The molecule has 3 heterocycles. The number of aryl methyl sites for hydroxylation is 1. The van der Waals surface area contributed by atoms with Gasteiger partial charge in [-0.05, 0) is 23.6 Å². The van der Waals surface area contributed by atoms with Crippen molar-refractivity contribution in [2.75, 3.05) is 13.6 Å². The van der Waals surface area contributed by atoms with Crippen molar-refractivity contribution < 1.29 is 28.5 Å². The molecule has 0 bridgehead atoms. The molecule has 1 unspecified atom stereocenters. The van der Waals surface area contributed by atoms with E-state index in [0.717, 1.165) is 17.5 Å². The molecular weight excluding hydrogens is 512 g/mol. The van der Waals surface area contributed by atoms with Crippen LogP contribution in [0, 0.1) is 0 Å². The molecule has 9 heteroatoms. The first-order valence-corrected chi connectivity index (χ1v) is 12.8. The van der Waals surface area contributed by atoms with Gasteiger partial charge in [-0.2, -0.15) is 0 Å². The van der Waals surface area contributed by atoms with E-state index in [1.807, 2.05) is 49.4 Å². The number of hydrogen-bond donors (Lipinski definition) is 1. The van der Waals surface area contributed by atoms with E-state index in [4.69, 9.17) is 24.7 Å². The first kappa shape index (κ1) is 25.2. The van der Waals surface area contributed by atoms with Crippen LogP contribution in [0.1, 0.15) is 34.0 Å². The van der Waals surface area contributed by atoms with Crippen LogP contribution in [0.4, 0.5) is 0 Å². The fourth-order valence-corrected chi connectivity index (χ4v) is 5.21. The van der Waals surface area contributed by atoms with Gasteiger partial charge in [0.05, 0.1) is 16.5 Å².